The van der Waals surface area contributed by atoms with Crippen molar-refractivity contribution in [3.05, 3.63) is 94.7 Å². The van der Waals surface area contributed by atoms with Gasteiger partial charge in [0.15, 0.2) is 0 Å². The molecule has 1 aliphatic heterocycles. The smallest absolute Gasteiger partial charge is 0.295 e. The number of halogens is 1. The molecule has 0 radical (unpaired) electrons. The van der Waals surface area contributed by atoms with Crippen LogP contribution in [0.5, 0.6) is 5.75 Å². The standard InChI is InChI=1S/C25H22FNO5/c1-15-5-10-19(31-2)18(14-15)23(28)21-22(20-4-3-13-32-20)27(25(30)24(21)29)12-11-16-6-8-17(26)9-7-16/h3-10,13-14,22,28H,11-12H2,1-2H3/b23-21-. The number of hydrogen-bond acceptors (Lipinski definition) is 5. The fraction of sp³-hybridized carbons (Fsp3) is 0.200. The molecule has 1 fully saturated rings. The highest BCUT2D eigenvalue weighted by molar-refractivity contribution is 6.46. The molecule has 164 valence electrons. The Labute approximate surface area is 184 Å². The lowest BCUT2D eigenvalue weighted by molar-refractivity contribution is -0.140. The van der Waals surface area contributed by atoms with E-state index in [1.165, 1.54) is 30.4 Å². The second kappa shape index (κ2) is 8.70. The molecule has 0 spiro atoms. The van der Waals surface area contributed by atoms with Gasteiger partial charge in [-0.2, -0.15) is 0 Å². The Morgan fingerprint density at radius 1 is 1.16 bits per heavy atom. The monoisotopic (exact) mass is 435 g/mol. The second-order valence-electron chi connectivity index (χ2n) is 7.59. The zero-order valence-electron chi connectivity index (χ0n) is 17.7. The van der Waals surface area contributed by atoms with Crippen LogP contribution in [-0.2, 0) is 16.0 Å². The summed E-state index contributed by atoms with van der Waals surface area (Å²) in [5, 5.41) is 11.2. The van der Waals surface area contributed by atoms with Crippen LogP contribution < -0.4 is 4.74 Å². The molecule has 2 heterocycles. The zero-order valence-corrected chi connectivity index (χ0v) is 17.7. The number of methoxy groups -OCH3 is 1. The van der Waals surface area contributed by atoms with Crippen molar-refractivity contribution in [1.29, 1.82) is 0 Å². The van der Waals surface area contributed by atoms with E-state index in [1.54, 1.807) is 36.4 Å². The van der Waals surface area contributed by atoms with Crippen LogP contribution in [0.4, 0.5) is 4.39 Å². The maximum Gasteiger partial charge on any atom is 0.295 e. The van der Waals surface area contributed by atoms with Crippen molar-refractivity contribution in [1.82, 2.24) is 4.90 Å². The zero-order chi connectivity index (χ0) is 22.8. The number of amides is 1. The Balaban J connectivity index is 1.77. The molecule has 7 heteroatoms. The number of Topliss-reactive ketones (excluding diaryl/α,β-unsaturated/α-hetero) is 1. The summed E-state index contributed by atoms with van der Waals surface area (Å²) >= 11 is 0. The van der Waals surface area contributed by atoms with Gasteiger partial charge in [-0.3, -0.25) is 9.59 Å². The number of ketones is 1. The number of likely N-dealkylation sites (tertiary alicyclic amines) is 1. The number of benzene rings is 2. The third-order valence-electron chi connectivity index (χ3n) is 5.52. The van der Waals surface area contributed by atoms with Gasteiger partial charge in [-0.05, 0) is 55.3 Å². The predicted octanol–water partition coefficient (Wildman–Crippen LogP) is 4.40. The van der Waals surface area contributed by atoms with E-state index in [-0.39, 0.29) is 23.7 Å². The Hall–Kier alpha value is -3.87. The van der Waals surface area contributed by atoms with Gasteiger partial charge in [-0.15, -0.1) is 0 Å². The molecule has 32 heavy (non-hydrogen) atoms. The largest absolute Gasteiger partial charge is 0.507 e. The van der Waals surface area contributed by atoms with Crippen LogP contribution in [0, 0.1) is 12.7 Å². The lowest BCUT2D eigenvalue weighted by atomic mass is 9.98. The molecule has 1 amide bonds. The summed E-state index contributed by atoms with van der Waals surface area (Å²) in [5.41, 5.74) is 1.92. The first kappa shape index (κ1) is 21.4. The average molecular weight is 435 g/mol. The lowest BCUT2D eigenvalue weighted by Gasteiger charge is -2.23. The van der Waals surface area contributed by atoms with Gasteiger partial charge in [0.05, 0.1) is 24.5 Å². The molecule has 1 aromatic heterocycles. The van der Waals surface area contributed by atoms with E-state index in [4.69, 9.17) is 9.15 Å². The van der Waals surface area contributed by atoms with Crippen molar-refractivity contribution in [2.45, 2.75) is 19.4 Å². The lowest BCUT2D eigenvalue weighted by Crippen LogP contribution is -2.31. The van der Waals surface area contributed by atoms with E-state index in [2.05, 4.69) is 0 Å². The minimum atomic E-state index is -0.893. The number of ether oxygens (including phenoxy) is 1. The molecule has 1 atom stereocenters. The molecule has 3 aromatic rings. The van der Waals surface area contributed by atoms with Crippen LogP contribution >= 0.6 is 0 Å². The Kier molecular flexibility index (Phi) is 5.81. The summed E-state index contributed by atoms with van der Waals surface area (Å²) in [6, 6.07) is 13.6. The molecule has 2 aromatic carbocycles. The molecule has 1 unspecified atom stereocenters. The van der Waals surface area contributed by atoms with Crippen molar-refractivity contribution in [2.75, 3.05) is 13.7 Å². The van der Waals surface area contributed by atoms with Gasteiger partial charge in [0.2, 0.25) is 0 Å². The van der Waals surface area contributed by atoms with Gasteiger partial charge in [0, 0.05) is 6.54 Å². The van der Waals surface area contributed by atoms with E-state index >= 15 is 0 Å². The second-order valence-corrected chi connectivity index (χ2v) is 7.59. The first-order chi connectivity index (χ1) is 15.4. The van der Waals surface area contributed by atoms with E-state index in [1.807, 2.05) is 13.0 Å². The normalized spacial score (nSPS) is 17.7. The first-order valence-electron chi connectivity index (χ1n) is 10.1. The van der Waals surface area contributed by atoms with Crippen molar-refractivity contribution < 1.29 is 28.2 Å². The molecule has 0 aliphatic carbocycles. The van der Waals surface area contributed by atoms with Crippen LogP contribution in [0.1, 0.15) is 28.5 Å². The third-order valence-corrected chi connectivity index (χ3v) is 5.52. The number of carbonyl (C=O) groups is 2. The number of aliphatic hydroxyl groups excluding tert-OH is 1. The van der Waals surface area contributed by atoms with E-state index < -0.39 is 17.7 Å². The number of rotatable bonds is 6. The third kappa shape index (κ3) is 3.89. The van der Waals surface area contributed by atoms with Gasteiger partial charge < -0.3 is 19.2 Å². The minimum absolute atomic E-state index is 0.0621. The summed E-state index contributed by atoms with van der Waals surface area (Å²) in [6.45, 7) is 2.03. The van der Waals surface area contributed by atoms with E-state index in [9.17, 15) is 19.1 Å². The first-order valence-corrected chi connectivity index (χ1v) is 10.1. The van der Waals surface area contributed by atoms with Crippen molar-refractivity contribution in [2.24, 2.45) is 0 Å². The molecular formula is C25H22FNO5. The maximum atomic E-state index is 13.2. The summed E-state index contributed by atoms with van der Waals surface area (Å²) in [5.74, 6) is -1.47. The summed E-state index contributed by atoms with van der Waals surface area (Å²) < 4.78 is 24.1. The summed E-state index contributed by atoms with van der Waals surface area (Å²) in [4.78, 5) is 27.4. The number of aryl methyl sites for hydroxylation is 1. The van der Waals surface area contributed by atoms with Crippen molar-refractivity contribution >= 4 is 17.4 Å². The molecule has 4 rings (SSSR count). The number of hydrogen-bond donors (Lipinski definition) is 1. The quantitative estimate of drug-likeness (QED) is 0.353. The molecular weight excluding hydrogens is 413 g/mol. The highest BCUT2D eigenvalue weighted by Gasteiger charge is 2.47. The molecule has 0 saturated carbocycles. The number of aliphatic hydroxyl groups is 1. The Bertz CT molecular complexity index is 1180. The molecule has 0 bridgehead atoms. The van der Waals surface area contributed by atoms with Gasteiger partial charge in [0.25, 0.3) is 11.7 Å². The fourth-order valence-corrected chi connectivity index (χ4v) is 3.91. The number of nitrogens with zero attached hydrogens (tertiary/aromatic N) is 1. The van der Waals surface area contributed by atoms with Crippen molar-refractivity contribution in [3.8, 4) is 5.75 Å². The average Bonchev–Trinajstić information content (AvgIpc) is 3.40. The van der Waals surface area contributed by atoms with Gasteiger partial charge in [-0.25, -0.2) is 4.39 Å². The number of furan rings is 1. The van der Waals surface area contributed by atoms with Crippen LogP contribution in [0.2, 0.25) is 0 Å². The summed E-state index contributed by atoms with van der Waals surface area (Å²) in [6.07, 6.45) is 1.85. The van der Waals surface area contributed by atoms with Gasteiger partial charge in [0.1, 0.15) is 29.1 Å². The van der Waals surface area contributed by atoms with Crippen molar-refractivity contribution in [3.63, 3.8) is 0 Å². The molecule has 6 nitrogen and oxygen atoms in total. The fourth-order valence-electron chi connectivity index (χ4n) is 3.91. The number of carbonyl (C=O) groups excluding carboxylic acids is 2. The van der Waals surface area contributed by atoms with E-state index in [0.29, 0.717) is 23.5 Å². The topological polar surface area (TPSA) is 80.0 Å². The Morgan fingerprint density at radius 2 is 1.91 bits per heavy atom. The summed E-state index contributed by atoms with van der Waals surface area (Å²) in [7, 11) is 1.47. The molecule has 1 aliphatic rings. The molecule has 1 saturated heterocycles. The van der Waals surface area contributed by atoms with Crippen LogP contribution in [-0.4, -0.2) is 35.4 Å². The highest BCUT2D eigenvalue weighted by Crippen LogP contribution is 2.41. The molecule has 1 N–H and O–H groups in total. The SMILES string of the molecule is COc1ccc(C)cc1/C(O)=C1/C(=O)C(=O)N(CCc2ccc(F)cc2)C1c1ccco1. The van der Waals surface area contributed by atoms with Crippen LogP contribution in [0.25, 0.3) is 5.76 Å². The maximum absolute atomic E-state index is 13.2. The van der Waals surface area contributed by atoms with Crippen LogP contribution in [0.3, 0.4) is 0 Å². The van der Waals surface area contributed by atoms with Gasteiger partial charge in [-0.1, -0.05) is 23.8 Å². The minimum Gasteiger partial charge on any atom is -0.507 e. The predicted molar refractivity (Wildman–Crippen MR) is 116 cm³/mol. The van der Waals surface area contributed by atoms with E-state index in [0.717, 1.165) is 11.1 Å². The Morgan fingerprint density at radius 3 is 2.56 bits per heavy atom. The van der Waals surface area contributed by atoms with Crippen LogP contribution in [0.15, 0.2) is 70.9 Å². The highest BCUT2D eigenvalue weighted by atomic mass is 19.1. The van der Waals surface area contributed by atoms with Gasteiger partial charge >= 0.3 is 0 Å².